The number of carbonyl (C=O) groups is 1. The third-order valence-electron chi connectivity index (χ3n) is 3.26. The van der Waals surface area contributed by atoms with Crippen molar-refractivity contribution in [3.8, 4) is 0 Å². The third-order valence-corrected chi connectivity index (χ3v) is 3.26. The predicted molar refractivity (Wildman–Crippen MR) is 50.0 cm³/mol. The number of ether oxygens (including phenoxy) is 2. The Kier molecular flexibility index (Phi) is 2.54. The van der Waals surface area contributed by atoms with Crippen molar-refractivity contribution < 1.29 is 24.5 Å². The van der Waals surface area contributed by atoms with E-state index < -0.39 is 5.60 Å². The van der Waals surface area contributed by atoms with Gasteiger partial charge in [0.05, 0.1) is 25.7 Å². The quantitative estimate of drug-likeness (QED) is 0.476. The Labute approximate surface area is 87.3 Å². The molecule has 3 atom stereocenters. The molecule has 0 aromatic heterocycles. The van der Waals surface area contributed by atoms with Gasteiger partial charge in [0.25, 0.3) is 0 Å². The van der Waals surface area contributed by atoms with Crippen molar-refractivity contribution in [3.05, 3.63) is 11.6 Å². The first-order valence-corrected chi connectivity index (χ1v) is 4.85. The second-order valence-corrected chi connectivity index (χ2v) is 3.88. The number of aliphatic hydroxyl groups is 2. The van der Waals surface area contributed by atoms with E-state index >= 15 is 0 Å². The number of carbonyl (C=O) groups excluding carboxylic acids is 1. The minimum atomic E-state index is -1.05. The molecular weight excluding hydrogens is 200 g/mol. The molecule has 0 saturated carbocycles. The van der Waals surface area contributed by atoms with Crippen LogP contribution in [-0.4, -0.2) is 48.2 Å². The van der Waals surface area contributed by atoms with E-state index in [1.54, 1.807) is 6.08 Å². The zero-order valence-corrected chi connectivity index (χ0v) is 8.47. The highest BCUT2D eigenvalue weighted by atomic mass is 16.6. The Bertz CT molecular complexity index is 311. The molecular formula is C10H14O5. The van der Waals surface area contributed by atoms with Crippen LogP contribution in [-0.2, 0) is 14.3 Å². The summed E-state index contributed by atoms with van der Waals surface area (Å²) in [5.74, 6) is -0.572. The van der Waals surface area contributed by atoms with E-state index in [1.807, 2.05) is 0 Å². The standard InChI is InChI=1S/C10H14O5/c1-14-8-2-6(4-11)10(5-12)7(8)3-9(13)15-10/h2,7-8,11-12H,3-5H2,1H3/t7-,8-,10+/m0/s1. The lowest BCUT2D eigenvalue weighted by molar-refractivity contribution is -0.149. The van der Waals surface area contributed by atoms with Crippen LogP contribution in [0.15, 0.2) is 11.6 Å². The van der Waals surface area contributed by atoms with Gasteiger partial charge in [-0.15, -0.1) is 0 Å². The maximum atomic E-state index is 11.2. The number of hydrogen-bond donors (Lipinski definition) is 2. The summed E-state index contributed by atoms with van der Waals surface area (Å²) in [4.78, 5) is 11.2. The van der Waals surface area contributed by atoms with Crippen LogP contribution in [0.5, 0.6) is 0 Å². The average Bonchev–Trinajstić information content (AvgIpc) is 2.70. The van der Waals surface area contributed by atoms with Crippen LogP contribution in [0.2, 0.25) is 0 Å². The highest BCUT2D eigenvalue weighted by Crippen LogP contribution is 2.46. The van der Waals surface area contributed by atoms with Crippen molar-refractivity contribution in [1.29, 1.82) is 0 Å². The molecule has 15 heavy (non-hydrogen) atoms. The molecule has 1 fully saturated rings. The average molecular weight is 214 g/mol. The van der Waals surface area contributed by atoms with Crippen LogP contribution < -0.4 is 0 Å². The van der Waals surface area contributed by atoms with Gasteiger partial charge in [-0.05, 0) is 11.6 Å². The van der Waals surface area contributed by atoms with Crippen LogP contribution in [0, 0.1) is 5.92 Å². The lowest BCUT2D eigenvalue weighted by Crippen LogP contribution is -2.42. The smallest absolute Gasteiger partial charge is 0.307 e. The molecule has 0 amide bonds. The van der Waals surface area contributed by atoms with Gasteiger partial charge < -0.3 is 19.7 Å². The topological polar surface area (TPSA) is 76.0 Å². The van der Waals surface area contributed by atoms with E-state index in [-0.39, 0.29) is 37.6 Å². The first-order chi connectivity index (χ1) is 7.17. The molecule has 5 heteroatoms. The van der Waals surface area contributed by atoms with Gasteiger partial charge in [-0.3, -0.25) is 4.79 Å². The molecule has 0 unspecified atom stereocenters. The molecule has 1 heterocycles. The van der Waals surface area contributed by atoms with Gasteiger partial charge in [-0.25, -0.2) is 0 Å². The summed E-state index contributed by atoms with van der Waals surface area (Å²) in [6.07, 6.45) is 1.68. The van der Waals surface area contributed by atoms with E-state index in [2.05, 4.69) is 0 Å². The fraction of sp³-hybridized carbons (Fsp3) is 0.700. The van der Waals surface area contributed by atoms with Gasteiger partial charge in [0.15, 0.2) is 5.60 Å². The van der Waals surface area contributed by atoms with Crippen LogP contribution in [0.3, 0.4) is 0 Å². The molecule has 2 rings (SSSR count). The fourth-order valence-corrected chi connectivity index (χ4v) is 2.48. The number of esters is 1. The Morgan fingerprint density at radius 1 is 1.67 bits per heavy atom. The number of aliphatic hydroxyl groups excluding tert-OH is 2. The maximum absolute atomic E-state index is 11.2. The molecule has 1 aliphatic heterocycles. The van der Waals surface area contributed by atoms with Gasteiger partial charge in [0, 0.05) is 13.0 Å². The zero-order valence-electron chi connectivity index (χ0n) is 8.47. The lowest BCUT2D eigenvalue weighted by atomic mass is 9.86. The summed E-state index contributed by atoms with van der Waals surface area (Å²) >= 11 is 0. The second kappa shape index (κ2) is 3.59. The van der Waals surface area contributed by atoms with Gasteiger partial charge in [0.2, 0.25) is 0 Å². The zero-order chi connectivity index (χ0) is 11.1. The molecule has 5 nitrogen and oxygen atoms in total. The monoisotopic (exact) mass is 214 g/mol. The van der Waals surface area contributed by atoms with E-state index in [4.69, 9.17) is 9.47 Å². The minimum absolute atomic E-state index is 0.220. The summed E-state index contributed by atoms with van der Waals surface area (Å²) in [6, 6.07) is 0. The summed E-state index contributed by atoms with van der Waals surface area (Å²) in [5.41, 5.74) is -0.514. The molecule has 0 bridgehead atoms. The molecule has 0 radical (unpaired) electrons. The van der Waals surface area contributed by atoms with Crippen molar-refractivity contribution in [2.75, 3.05) is 20.3 Å². The number of methoxy groups -OCH3 is 1. The Morgan fingerprint density at radius 3 is 2.93 bits per heavy atom. The molecule has 0 aromatic rings. The van der Waals surface area contributed by atoms with E-state index in [0.29, 0.717) is 5.57 Å². The Morgan fingerprint density at radius 2 is 2.40 bits per heavy atom. The van der Waals surface area contributed by atoms with Gasteiger partial charge in [-0.2, -0.15) is 0 Å². The Balaban J connectivity index is 2.37. The van der Waals surface area contributed by atoms with Gasteiger partial charge >= 0.3 is 5.97 Å². The number of rotatable bonds is 3. The van der Waals surface area contributed by atoms with E-state index in [0.717, 1.165) is 0 Å². The van der Waals surface area contributed by atoms with Crippen molar-refractivity contribution in [3.63, 3.8) is 0 Å². The SMILES string of the molecule is CO[C@H]1C=C(CO)[C@@]2(CO)OC(=O)C[C@@H]12. The third kappa shape index (κ3) is 1.31. The van der Waals surface area contributed by atoms with Crippen molar-refractivity contribution in [2.24, 2.45) is 5.92 Å². The van der Waals surface area contributed by atoms with Crippen LogP contribution >= 0.6 is 0 Å². The van der Waals surface area contributed by atoms with Gasteiger partial charge in [-0.1, -0.05) is 0 Å². The number of hydrogen-bond acceptors (Lipinski definition) is 5. The molecule has 0 aromatic carbocycles. The maximum Gasteiger partial charge on any atom is 0.307 e. The Hall–Kier alpha value is -0.910. The first kappa shape index (κ1) is 10.6. The molecule has 2 N–H and O–H groups in total. The highest BCUT2D eigenvalue weighted by molar-refractivity contribution is 5.75. The minimum Gasteiger partial charge on any atom is -0.451 e. The molecule has 84 valence electrons. The van der Waals surface area contributed by atoms with Crippen LogP contribution in [0.25, 0.3) is 0 Å². The largest absolute Gasteiger partial charge is 0.451 e. The molecule has 0 spiro atoms. The van der Waals surface area contributed by atoms with Gasteiger partial charge in [0.1, 0.15) is 0 Å². The first-order valence-electron chi connectivity index (χ1n) is 4.85. The number of fused-ring (bicyclic) bond motifs is 1. The predicted octanol–water partition coefficient (Wildman–Crippen LogP) is -0.772. The summed E-state index contributed by atoms with van der Waals surface area (Å²) in [7, 11) is 1.53. The molecule has 2 aliphatic rings. The second-order valence-electron chi connectivity index (χ2n) is 3.88. The van der Waals surface area contributed by atoms with E-state index in [1.165, 1.54) is 7.11 Å². The summed E-state index contributed by atoms with van der Waals surface area (Å²) in [5, 5.41) is 18.6. The fourth-order valence-electron chi connectivity index (χ4n) is 2.48. The van der Waals surface area contributed by atoms with Crippen LogP contribution in [0.4, 0.5) is 0 Å². The highest BCUT2D eigenvalue weighted by Gasteiger charge is 2.58. The summed E-state index contributed by atoms with van der Waals surface area (Å²) < 4.78 is 10.4. The molecule has 1 aliphatic carbocycles. The van der Waals surface area contributed by atoms with E-state index in [9.17, 15) is 15.0 Å². The summed E-state index contributed by atoms with van der Waals surface area (Å²) in [6.45, 7) is -0.542. The van der Waals surface area contributed by atoms with Crippen molar-refractivity contribution in [1.82, 2.24) is 0 Å². The van der Waals surface area contributed by atoms with Crippen molar-refractivity contribution >= 4 is 5.97 Å². The lowest BCUT2D eigenvalue weighted by Gasteiger charge is -2.29. The molecule has 1 saturated heterocycles. The van der Waals surface area contributed by atoms with Crippen molar-refractivity contribution in [2.45, 2.75) is 18.1 Å². The normalized spacial score (nSPS) is 38.9. The van der Waals surface area contributed by atoms with Crippen LogP contribution in [0.1, 0.15) is 6.42 Å².